The molecular weight excluding hydrogens is 368 g/mol. The van der Waals surface area contributed by atoms with Crippen LogP contribution in [0.2, 0.25) is 5.02 Å². The second-order valence-corrected chi connectivity index (χ2v) is 7.04. The highest BCUT2D eigenvalue weighted by molar-refractivity contribution is 6.30. The third-order valence-corrected chi connectivity index (χ3v) is 4.76. The van der Waals surface area contributed by atoms with Crippen molar-refractivity contribution in [2.75, 3.05) is 6.54 Å². The van der Waals surface area contributed by atoms with E-state index in [0.717, 1.165) is 16.0 Å². The lowest BCUT2D eigenvalue weighted by molar-refractivity contribution is -0.148. The first-order chi connectivity index (χ1) is 12.8. The Morgan fingerprint density at radius 3 is 2.37 bits per heavy atom. The van der Waals surface area contributed by atoms with Crippen molar-refractivity contribution in [1.29, 1.82) is 0 Å². The number of carbonyl (C=O) groups is 3. The Morgan fingerprint density at radius 1 is 1.11 bits per heavy atom. The van der Waals surface area contributed by atoms with Crippen molar-refractivity contribution in [3.8, 4) is 0 Å². The van der Waals surface area contributed by atoms with E-state index in [2.05, 4.69) is 5.32 Å². The molecule has 1 aliphatic rings. The van der Waals surface area contributed by atoms with E-state index in [0.29, 0.717) is 10.6 Å². The number of imide groups is 1. The van der Waals surface area contributed by atoms with E-state index in [9.17, 15) is 14.4 Å². The fraction of sp³-hybridized carbons (Fsp3) is 0.250. The van der Waals surface area contributed by atoms with Gasteiger partial charge in [0.25, 0.3) is 5.91 Å². The summed E-state index contributed by atoms with van der Waals surface area (Å²) in [7, 11) is 0. The number of benzene rings is 2. The average Bonchev–Trinajstić information content (AvgIpc) is 2.86. The minimum absolute atomic E-state index is 0.0366. The molecule has 3 rings (SSSR count). The largest absolute Gasteiger partial charge is 0.459 e. The molecule has 140 valence electrons. The Balaban J connectivity index is 1.65. The van der Waals surface area contributed by atoms with Gasteiger partial charge in [0, 0.05) is 5.02 Å². The fourth-order valence-corrected chi connectivity index (χ4v) is 2.97. The summed E-state index contributed by atoms with van der Waals surface area (Å²) in [5, 5.41) is 3.25. The quantitative estimate of drug-likeness (QED) is 0.632. The Labute approximate surface area is 162 Å². The lowest BCUT2D eigenvalue weighted by Crippen LogP contribution is -2.41. The van der Waals surface area contributed by atoms with Gasteiger partial charge < -0.3 is 10.1 Å². The van der Waals surface area contributed by atoms with Crippen molar-refractivity contribution >= 4 is 29.5 Å². The van der Waals surface area contributed by atoms with Crippen LogP contribution in [0.4, 0.5) is 4.79 Å². The minimum atomic E-state index is -1.21. The zero-order valence-electron chi connectivity index (χ0n) is 15.0. The van der Waals surface area contributed by atoms with Gasteiger partial charge in [-0.25, -0.2) is 4.79 Å². The Kier molecular flexibility index (Phi) is 5.19. The third-order valence-electron chi connectivity index (χ3n) is 4.50. The van der Waals surface area contributed by atoms with Crippen LogP contribution in [-0.2, 0) is 26.5 Å². The molecule has 0 unspecified atom stereocenters. The van der Waals surface area contributed by atoms with Crippen molar-refractivity contribution in [3.63, 3.8) is 0 Å². The molecule has 1 fully saturated rings. The molecule has 0 bridgehead atoms. The molecule has 0 saturated carbocycles. The van der Waals surface area contributed by atoms with Crippen LogP contribution in [0.3, 0.4) is 0 Å². The van der Waals surface area contributed by atoms with Gasteiger partial charge in [-0.15, -0.1) is 0 Å². The molecule has 1 atom stereocenters. The average molecular weight is 387 g/mol. The molecule has 7 heteroatoms. The van der Waals surface area contributed by atoms with Crippen molar-refractivity contribution < 1.29 is 19.1 Å². The zero-order chi connectivity index (χ0) is 19.6. The van der Waals surface area contributed by atoms with Gasteiger partial charge >= 0.3 is 12.0 Å². The number of hydrogen-bond acceptors (Lipinski definition) is 4. The smallest absolute Gasteiger partial charge is 0.326 e. The van der Waals surface area contributed by atoms with Crippen LogP contribution >= 0.6 is 11.6 Å². The number of hydrogen-bond donors (Lipinski definition) is 1. The van der Waals surface area contributed by atoms with Crippen molar-refractivity contribution in [2.24, 2.45) is 0 Å². The van der Waals surface area contributed by atoms with Crippen LogP contribution in [0.1, 0.15) is 23.6 Å². The summed E-state index contributed by atoms with van der Waals surface area (Å²) < 4.78 is 5.16. The maximum absolute atomic E-state index is 12.8. The van der Waals surface area contributed by atoms with E-state index in [4.69, 9.17) is 16.3 Å². The molecule has 0 radical (unpaired) electrons. The molecule has 2 aromatic carbocycles. The molecule has 1 aliphatic heterocycles. The number of rotatable bonds is 5. The van der Waals surface area contributed by atoms with Gasteiger partial charge in [0.1, 0.15) is 18.7 Å². The Bertz CT molecular complexity index is 880. The van der Waals surface area contributed by atoms with E-state index in [1.54, 1.807) is 43.3 Å². The maximum Gasteiger partial charge on any atom is 0.326 e. The van der Waals surface area contributed by atoms with Crippen LogP contribution < -0.4 is 5.32 Å². The zero-order valence-corrected chi connectivity index (χ0v) is 15.7. The summed E-state index contributed by atoms with van der Waals surface area (Å²) in [6, 6.07) is 13.5. The molecular formula is C20H19ClN2O4. The molecule has 1 heterocycles. The summed E-state index contributed by atoms with van der Waals surface area (Å²) >= 11 is 5.81. The highest BCUT2D eigenvalue weighted by atomic mass is 35.5. The second kappa shape index (κ2) is 7.40. The first-order valence-corrected chi connectivity index (χ1v) is 8.79. The summed E-state index contributed by atoms with van der Waals surface area (Å²) in [5.74, 6) is -1.15. The number of halogens is 1. The second-order valence-electron chi connectivity index (χ2n) is 6.60. The predicted octanol–water partition coefficient (Wildman–Crippen LogP) is 3.16. The van der Waals surface area contributed by atoms with E-state index in [-0.39, 0.29) is 6.61 Å². The number of urea groups is 1. The lowest BCUT2D eigenvalue weighted by Gasteiger charge is -2.22. The normalized spacial score (nSPS) is 19.1. The van der Waals surface area contributed by atoms with E-state index in [1.165, 1.54) is 0 Å². The van der Waals surface area contributed by atoms with E-state index in [1.807, 2.05) is 19.1 Å². The Morgan fingerprint density at radius 2 is 1.74 bits per heavy atom. The number of amides is 3. The molecule has 0 spiro atoms. The molecule has 2 aromatic rings. The van der Waals surface area contributed by atoms with Gasteiger partial charge in [0.15, 0.2) is 0 Å². The van der Waals surface area contributed by atoms with E-state index < -0.39 is 30.0 Å². The van der Waals surface area contributed by atoms with Gasteiger partial charge in [0.05, 0.1) is 0 Å². The topological polar surface area (TPSA) is 75.7 Å². The highest BCUT2D eigenvalue weighted by Gasteiger charge is 2.49. The molecule has 0 aromatic heterocycles. The van der Waals surface area contributed by atoms with Crippen LogP contribution in [0.5, 0.6) is 0 Å². The number of carbonyl (C=O) groups excluding carboxylic acids is 3. The molecule has 0 aliphatic carbocycles. The maximum atomic E-state index is 12.8. The number of aryl methyl sites for hydroxylation is 1. The molecule has 6 nitrogen and oxygen atoms in total. The summed E-state index contributed by atoms with van der Waals surface area (Å²) in [6.07, 6.45) is 0. The third kappa shape index (κ3) is 3.95. The summed E-state index contributed by atoms with van der Waals surface area (Å²) in [5.41, 5.74) is 1.25. The summed E-state index contributed by atoms with van der Waals surface area (Å²) in [6.45, 7) is 3.15. The van der Waals surface area contributed by atoms with Gasteiger partial charge in [-0.2, -0.15) is 0 Å². The highest BCUT2D eigenvalue weighted by Crippen LogP contribution is 2.29. The van der Waals surface area contributed by atoms with Gasteiger partial charge in [-0.3, -0.25) is 14.5 Å². The van der Waals surface area contributed by atoms with Gasteiger partial charge in [0.2, 0.25) is 0 Å². The molecule has 1 saturated heterocycles. The van der Waals surface area contributed by atoms with Crippen LogP contribution in [0.25, 0.3) is 0 Å². The van der Waals surface area contributed by atoms with E-state index >= 15 is 0 Å². The predicted molar refractivity (Wildman–Crippen MR) is 100 cm³/mol. The van der Waals surface area contributed by atoms with Gasteiger partial charge in [-0.05, 0) is 37.1 Å². The number of nitrogens with zero attached hydrogens (tertiary/aromatic N) is 1. The molecule has 1 N–H and O–H groups in total. The van der Waals surface area contributed by atoms with Crippen LogP contribution in [0, 0.1) is 6.92 Å². The van der Waals surface area contributed by atoms with Crippen molar-refractivity contribution in [1.82, 2.24) is 10.2 Å². The SMILES string of the molecule is Cc1ccc([C@@]2(C)NC(=O)N(CC(=O)OCc3ccc(Cl)cc3)C2=O)cc1. The molecule has 27 heavy (non-hydrogen) atoms. The van der Waals surface area contributed by atoms with Crippen LogP contribution in [-0.4, -0.2) is 29.4 Å². The van der Waals surface area contributed by atoms with Gasteiger partial charge in [-0.1, -0.05) is 53.6 Å². The monoisotopic (exact) mass is 386 g/mol. The number of ether oxygens (including phenoxy) is 1. The summed E-state index contributed by atoms with van der Waals surface area (Å²) in [4.78, 5) is 38.0. The minimum Gasteiger partial charge on any atom is -0.459 e. The number of esters is 1. The van der Waals surface area contributed by atoms with Crippen molar-refractivity contribution in [2.45, 2.75) is 26.0 Å². The first-order valence-electron chi connectivity index (χ1n) is 8.41. The Hall–Kier alpha value is -2.86. The molecule has 3 amide bonds. The fourth-order valence-electron chi connectivity index (χ4n) is 2.84. The van der Waals surface area contributed by atoms with Crippen LogP contribution in [0.15, 0.2) is 48.5 Å². The first kappa shape index (κ1) is 18.9. The van der Waals surface area contributed by atoms with Crippen molar-refractivity contribution in [3.05, 3.63) is 70.2 Å². The lowest BCUT2D eigenvalue weighted by atomic mass is 9.91. The number of nitrogens with one attached hydrogen (secondary N) is 1. The standard InChI is InChI=1S/C20H19ClN2O4/c1-13-3-7-15(8-4-13)20(2)18(25)23(19(26)22-20)11-17(24)27-12-14-5-9-16(21)10-6-14/h3-10H,11-12H2,1-2H3,(H,22,26)/t20-/m1/s1.